The molecule has 2 aromatic heterocycles. The summed E-state index contributed by atoms with van der Waals surface area (Å²) in [4.78, 5) is 31.7. The predicted molar refractivity (Wildman–Crippen MR) is 89.9 cm³/mol. The fourth-order valence-corrected chi connectivity index (χ4v) is 2.57. The van der Waals surface area contributed by atoms with Crippen LogP contribution in [-0.2, 0) is 6.54 Å². The summed E-state index contributed by atoms with van der Waals surface area (Å²) in [6.45, 7) is 6.41. The minimum atomic E-state index is -0.465. The van der Waals surface area contributed by atoms with Crippen LogP contribution in [0.5, 0.6) is 0 Å². The van der Waals surface area contributed by atoms with Crippen LogP contribution in [0.15, 0.2) is 35.3 Å². The molecule has 0 radical (unpaired) electrons. The van der Waals surface area contributed by atoms with E-state index in [1.54, 1.807) is 6.92 Å². The number of aromatic nitrogens is 3. The van der Waals surface area contributed by atoms with Crippen molar-refractivity contribution in [3.63, 3.8) is 0 Å². The maximum atomic E-state index is 12.4. The van der Waals surface area contributed by atoms with E-state index >= 15 is 0 Å². The summed E-state index contributed by atoms with van der Waals surface area (Å²) in [5.74, 6) is -0.0222. The monoisotopic (exact) mass is 310 g/mol. The van der Waals surface area contributed by atoms with Gasteiger partial charge in [0.25, 0.3) is 5.91 Å². The van der Waals surface area contributed by atoms with Crippen molar-refractivity contribution in [1.82, 2.24) is 14.5 Å². The highest BCUT2D eigenvalue weighted by molar-refractivity contribution is 6.03. The highest BCUT2D eigenvalue weighted by Gasteiger charge is 2.15. The van der Waals surface area contributed by atoms with Gasteiger partial charge in [-0.15, -0.1) is 0 Å². The molecule has 0 spiro atoms. The zero-order valence-electron chi connectivity index (χ0n) is 13.3. The van der Waals surface area contributed by atoms with Gasteiger partial charge >= 0.3 is 0 Å². The van der Waals surface area contributed by atoms with Gasteiger partial charge in [0.05, 0.1) is 11.0 Å². The van der Waals surface area contributed by atoms with Crippen molar-refractivity contribution in [2.45, 2.75) is 27.3 Å². The molecular formula is C17H18N4O2. The number of carbonyl (C=O) groups is 1. The van der Waals surface area contributed by atoms with Crippen LogP contribution in [0.3, 0.4) is 0 Å². The van der Waals surface area contributed by atoms with Crippen LogP contribution in [0.1, 0.15) is 28.5 Å². The van der Waals surface area contributed by atoms with Crippen molar-refractivity contribution < 1.29 is 4.79 Å². The summed E-state index contributed by atoms with van der Waals surface area (Å²) in [6, 6.07) is 7.36. The van der Waals surface area contributed by atoms with Crippen LogP contribution in [0.4, 0.5) is 5.95 Å². The Morgan fingerprint density at radius 3 is 2.78 bits per heavy atom. The van der Waals surface area contributed by atoms with Crippen molar-refractivity contribution >= 4 is 22.9 Å². The van der Waals surface area contributed by atoms with Gasteiger partial charge in [0.15, 0.2) is 5.43 Å². The molecule has 6 heteroatoms. The maximum Gasteiger partial charge on any atom is 0.263 e. The highest BCUT2D eigenvalue weighted by atomic mass is 16.2. The van der Waals surface area contributed by atoms with Crippen molar-refractivity contribution in [3.8, 4) is 0 Å². The van der Waals surface area contributed by atoms with E-state index in [9.17, 15) is 9.59 Å². The first kappa shape index (κ1) is 15.0. The van der Waals surface area contributed by atoms with Gasteiger partial charge in [0, 0.05) is 24.5 Å². The van der Waals surface area contributed by atoms with Gasteiger partial charge in [0.1, 0.15) is 5.56 Å². The lowest BCUT2D eigenvalue weighted by molar-refractivity contribution is 0.102. The zero-order valence-corrected chi connectivity index (χ0v) is 13.3. The first-order valence-electron chi connectivity index (χ1n) is 7.47. The molecular weight excluding hydrogens is 292 g/mol. The van der Waals surface area contributed by atoms with Crippen LogP contribution in [0.25, 0.3) is 11.0 Å². The molecule has 2 heterocycles. The number of fused-ring (bicyclic) bond motifs is 1. The third-order valence-corrected chi connectivity index (χ3v) is 3.75. The number of aromatic amines is 1. The van der Waals surface area contributed by atoms with E-state index in [-0.39, 0.29) is 11.0 Å². The second kappa shape index (κ2) is 5.72. The van der Waals surface area contributed by atoms with E-state index in [4.69, 9.17) is 0 Å². The van der Waals surface area contributed by atoms with Gasteiger partial charge < -0.3 is 9.55 Å². The fraction of sp³-hybridized carbons (Fsp3) is 0.235. The first-order valence-corrected chi connectivity index (χ1v) is 7.47. The molecule has 1 amide bonds. The molecule has 0 bridgehead atoms. The number of anilines is 1. The second-order valence-corrected chi connectivity index (χ2v) is 5.52. The molecule has 6 nitrogen and oxygen atoms in total. The summed E-state index contributed by atoms with van der Waals surface area (Å²) < 4.78 is 1.91. The topological polar surface area (TPSA) is 79.8 Å². The van der Waals surface area contributed by atoms with E-state index in [2.05, 4.69) is 15.3 Å². The van der Waals surface area contributed by atoms with Crippen molar-refractivity contribution in [2.75, 3.05) is 5.32 Å². The molecule has 0 fully saturated rings. The fourth-order valence-electron chi connectivity index (χ4n) is 2.57. The van der Waals surface area contributed by atoms with Gasteiger partial charge in [-0.3, -0.25) is 14.9 Å². The number of nitrogens with zero attached hydrogens (tertiary/aromatic N) is 2. The normalized spacial score (nSPS) is 10.9. The first-order chi connectivity index (χ1) is 11.0. The van der Waals surface area contributed by atoms with Crippen molar-refractivity contribution in [3.05, 3.63) is 57.5 Å². The van der Waals surface area contributed by atoms with Gasteiger partial charge in [0.2, 0.25) is 5.95 Å². The molecule has 2 N–H and O–H groups in total. The van der Waals surface area contributed by atoms with Gasteiger partial charge in [-0.1, -0.05) is 6.07 Å². The molecule has 118 valence electrons. The van der Waals surface area contributed by atoms with Crippen LogP contribution in [-0.4, -0.2) is 20.4 Å². The highest BCUT2D eigenvalue weighted by Crippen LogP contribution is 2.21. The minimum Gasteiger partial charge on any atom is -0.364 e. The Balaban J connectivity index is 2.00. The molecule has 23 heavy (non-hydrogen) atoms. The summed E-state index contributed by atoms with van der Waals surface area (Å²) in [6.07, 6.45) is 1.43. The Morgan fingerprint density at radius 2 is 2.09 bits per heavy atom. The maximum absolute atomic E-state index is 12.4. The summed E-state index contributed by atoms with van der Waals surface area (Å²) in [5.41, 5.74) is 3.34. The third-order valence-electron chi connectivity index (χ3n) is 3.75. The number of pyridine rings is 1. The van der Waals surface area contributed by atoms with Gasteiger partial charge in [-0.05, 0) is 38.5 Å². The number of H-pyrrole nitrogens is 1. The van der Waals surface area contributed by atoms with E-state index < -0.39 is 5.91 Å². The number of aryl methyl sites for hydroxylation is 3. The van der Waals surface area contributed by atoms with Crippen molar-refractivity contribution in [1.29, 1.82) is 0 Å². The zero-order chi connectivity index (χ0) is 16.6. The molecule has 0 unspecified atom stereocenters. The number of benzene rings is 1. The van der Waals surface area contributed by atoms with Crippen LogP contribution < -0.4 is 10.7 Å². The Kier molecular flexibility index (Phi) is 3.73. The second-order valence-electron chi connectivity index (χ2n) is 5.52. The van der Waals surface area contributed by atoms with Gasteiger partial charge in [-0.2, -0.15) is 0 Å². The van der Waals surface area contributed by atoms with E-state index in [1.807, 2.05) is 36.6 Å². The minimum absolute atomic E-state index is 0.0708. The standard InChI is InChI=1S/C17H18N4O2/c1-4-21-14-6-5-10(2)7-13(14)19-17(21)20-16(23)12-9-18-11(3)8-15(12)22/h5-9H,4H2,1-3H3,(H,18,22)(H,19,20,23). The van der Waals surface area contributed by atoms with E-state index in [0.717, 1.165) is 16.6 Å². The Bertz CT molecular complexity index is 953. The largest absolute Gasteiger partial charge is 0.364 e. The van der Waals surface area contributed by atoms with Crippen LogP contribution >= 0.6 is 0 Å². The molecule has 3 aromatic rings. The van der Waals surface area contributed by atoms with Gasteiger partial charge in [-0.25, -0.2) is 4.98 Å². The van der Waals surface area contributed by atoms with E-state index in [1.165, 1.54) is 12.3 Å². The molecule has 0 saturated heterocycles. The van der Waals surface area contributed by atoms with Crippen LogP contribution in [0, 0.1) is 13.8 Å². The summed E-state index contributed by atoms with van der Waals surface area (Å²) in [7, 11) is 0. The number of imidazole rings is 1. The number of amides is 1. The molecule has 3 rings (SSSR count). The average molecular weight is 310 g/mol. The third kappa shape index (κ3) is 2.75. The molecule has 0 atom stereocenters. The number of nitrogens with one attached hydrogen (secondary N) is 2. The number of hydrogen-bond acceptors (Lipinski definition) is 3. The number of carbonyl (C=O) groups excluding carboxylic acids is 1. The predicted octanol–water partition coefficient (Wildman–Crippen LogP) is 2.61. The quantitative estimate of drug-likeness (QED) is 0.780. The lowest BCUT2D eigenvalue weighted by Crippen LogP contribution is -2.23. The smallest absolute Gasteiger partial charge is 0.263 e. The average Bonchev–Trinajstić information content (AvgIpc) is 2.82. The lowest BCUT2D eigenvalue weighted by atomic mass is 10.2. The summed E-state index contributed by atoms with van der Waals surface area (Å²) >= 11 is 0. The van der Waals surface area contributed by atoms with Crippen molar-refractivity contribution in [2.24, 2.45) is 0 Å². The Labute approximate surface area is 133 Å². The molecule has 1 aromatic carbocycles. The number of rotatable bonds is 3. The Hall–Kier alpha value is -2.89. The molecule has 0 aliphatic carbocycles. The Morgan fingerprint density at radius 1 is 1.30 bits per heavy atom. The summed E-state index contributed by atoms with van der Waals surface area (Å²) in [5, 5.41) is 2.74. The molecule has 0 saturated carbocycles. The molecule has 0 aliphatic heterocycles. The van der Waals surface area contributed by atoms with Crippen LogP contribution in [0.2, 0.25) is 0 Å². The number of hydrogen-bond donors (Lipinski definition) is 2. The lowest BCUT2D eigenvalue weighted by Gasteiger charge is -2.07. The molecule has 0 aliphatic rings. The van der Waals surface area contributed by atoms with E-state index in [0.29, 0.717) is 18.2 Å². The SMILES string of the molecule is CCn1c(NC(=O)c2c[nH]c(C)cc2=O)nc2cc(C)ccc21.